The molecule has 76 valence electrons. The van der Waals surface area contributed by atoms with Gasteiger partial charge in [-0.1, -0.05) is 27.7 Å². The Labute approximate surface area is 113 Å². The normalized spacial score (nSPS) is 14.5. The van der Waals surface area contributed by atoms with Crippen molar-refractivity contribution in [2.24, 2.45) is 5.41 Å². The van der Waals surface area contributed by atoms with E-state index >= 15 is 0 Å². The fourth-order valence-corrected chi connectivity index (χ4v) is 1.08. The Kier molecular flexibility index (Phi) is 10.9. The minimum Gasteiger partial charge on any atom is -0.269 e. The smallest absolute Gasteiger partial charge is 0 e. The fraction of sp³-hybridized carbons (Fsp3) is 0.600. The Bertz CT molecular complexity index is 199. The maximum atomic E-state index is 3.30. The Balaban J connectivity index is -0.000000333. The van der Waals surface area contributed by atoms with Crippen molar-refractivity contribution in [1.82, 2.24) is 0 Å². The molecule has 0 N–H and O–H groups in total. The first-order valence-electron chi connectivity index (χ1n) is 3.78. The number of allylic oxidation sites excluding steroid dienone is 4. The van der Waals surface area contributed by atoms with Gasteiger partial charge < -0.3 is 0 Å². The second-order valence-electron chi connectivity index (χ2n) is 3.96. The molecule has 0 fully saturated rings. The van der Waals surface area contributed by atoms with E-state index in [-0.39, 0.29) is 51.0 Å². The summed E-state index contributed by atoms with van der Waals surface area (Å²) in [4.78, 5) is 0. The van der Waals surface area contributed by atoms with Gasteiger partial charge >= 0.3 is 0 Å². The van der Waals surface area contributed by atoms with Crippen molar-refractivity contribution < 1.29 is 26.2 Å². The molecule has 1 aliphatic carbocycles. The zero-order chi connectivity index (χ0) is 7.78. The number of rotatable bonds is 0. The van der Waals surface area contributed by atoms with Gasteiger partial charge in [-0.25, -0.2) is 11.6 Å². The van der Waals surface area contributed by atoms with Crippen LogP contribution in [0.1, 0.15) is 34.1 Å². The molecular weight excluding hydrogens is 282 g/mol. The first kappa shape index (κ1) is 19.5. The van der Waals surface area contributed by atoms with Crippen molar-refractivity contribution in [3.63, 3.8) is 0 Å². The maximum Gasteiger partial charge on any atom is 0 e. The summed E-state index contributed by atoms with van der Waals surface area (Å²) in [5, 5.41) is 0. The molecule has 0 atom stereocenters. The zero-order valence-electron chi connectivity index (χ0n) is 8.60. The Morgan fingerprint density at radius 2 is 1.69 bits per heavy atom. The summed E-state index contributed by atoms with van der Waals surface area (Å²) in [6.45, 7) is 8.86. The van der Waals surface area contributed by atoms with Gasteiger partial charge in [0.2, 0.25) is 0 Å². The van der Waals surface area contributed by atoms with Crippen LogP contribution in [0.15, 0.2) is 17.2 Å². The van der Waals surface area contributed by atoms with Crippen LogP contribution in [-0.4, -0.2) is 0 Å². The van der Waals surface area contributed by atoms with Gasteiger partial charge in [-0.15, -0.1) is 31.2 Å². The first-order chi connectivity index (χ1) is 4.50. The monoisotopic (exact) mass is 297 g/mol. The van der Waals surface area contributed by atoms with Crippen molar-refractivity contribution in [2.75, 3.05) is 0 Å². The molecule has 0 spiro atoms. The summed E-state index contributed by atoms with van der Waals surface area (Å²) in [6.07, 6.45) is 6.59. The maximum absolute atomic E-state index is 3.30. The van der Waals surface area contributed by atoms with Crippen LogP contribution in [0.2, 0.25) is 0 Å². The number of halogens is 2. The van der Waals surface area contributed by atoms with Crippen molar-refractivity contribution in [1.29, 1.82) is 0 Å². The Hall–Kier alpha value is 0.943. The molecule has 0 saturated carbocycles. The van der Waals surface area contributed by atoms with Gasteiger partial charge in [-0.2, -0.15) is 5.57 Å². The number of hydrogen-bond donors (Lipinski definition) is 0. The molecule has 0 nitrogen and oxygen atoms in total. The zero-order valence-corrected chi connectivity index (χ0v) is 12.7. The summed E-state index contributed by atoms with van der Waals surface area (Å²) in [6, 6.07) is 0. The third-order valence-electron chi connectivity index (χ3n) is 1.91. The summed E-state index contributed by atoms with van der Waals surface area (Å²) >= 11 is 0. The molecule has 0 bridgehead atoms. The van der Waals surface area contributed by atoms with E-state index in [4.69, 9.17) is 0 Å². The molecule has 0 aromatic rings. The van der Waals surface area contributed by atoms with E-state index in [2.05, 4.69) is 39.8 Å². The van der Waals surface area contributed by atoms with Crippen LogP contribution in [0.5, 0.6) is 0 Å². The van der Waals surface area contributed by atoms with Crippen LogP contribution >= 0.6 is 24.8 Å². The van der Waals surface area contributed by atoms with Gasteiger partial charge in [-0.3, -0.25) is 6.08 Å². The van der Waals surface area contributed by atoms with Gasteiger partial charge in [0.05, 0.1) is 0 Å². The van der Waals surface area contributed by atoms with Crippen molar-refractivity contribution >= 4 is 24.8 Å². The largest absolute Gasteiger partial charge is 0.269 e. The fourth-order valence-electron chi connectivity index (χ4n) is 1.08. The summed E-state index contributed by atoms with van der Waals surface area (Å²) in [7, 11) is 0. The SMILES string of the molecule is CC1=[C-]CC(C(C)(C)C)=C1.Cl.Cl.[Zr]. The van der Waals surface area contributed by atoms with Gasteiger partial charge in [-0.05, 0) is 5.41 Å². The van der Waals surface area contributed by atoms with Crippen LogP contribution in [0.3, 0.4) is 0 Å². The van der Waals surface area contributed by atoms with Gasteiger partial charge in [0.15, 0.2) is 0 Å². The minimum absolute atomic E-state index is 0. The van der Waals surface area contributed by atoms with Crippen LogP contribution in [0.4, 0.5) is 0 Å². The molecule has 0 aliphatic heterocycles. The Morgan fingerprint density at radius 1 is 1.23 bits per heavy atom. The topological polar surface area (TPSA) is 0 Å². The average molecular weight is 299 g/mol. The minimum atomic E-state index is 0. The Morgan fingerprint density at radius 3 is 1.85 bits per heavy atom. The quantitative estimate of drug-likeness (QED) is 0.594. The molecule has 3 heteroatoms. The molecule has 0 saturated heterocycles. The van der Waals surface area contributed by atoms with Gasteiger partial charge in [0.25, 0.3) is 0 Å². The second-order valence-corrected chi connectivity index (χ2v) is 3.96. The molecular formula is C10H17Cl2Zr-. The van der Waals surface area contributed by atoms with Gasteiger partial charge in [0, 0.05) is 26.2 Å². The van der Waals surface area contributed by atoms with Crippen molar-refractivity contribution in [2.45, 2.75) is 34.1 Å². The summed E-state index contributed by atoms with van der Waals surface area (Å²) in [5.41, 5.74) is 3.14. The van der Waals surface area contributed by atoms with Crippen molar-refractivity contribution in [3.05, 3.63) is 23.3 Å². The predicted octanol–water partition coefficient (Wildman–Crippen LogP) is 3.95. The molecule has 0 heterocycles. The van der Waals surface area contributed by atoms with E-state index < -0.39 is 0 Å². The van der Waals surface area contributed by atoms with E-state index in [0.29, 0.717) is 5.41 Å². The molecule has 1 aliphatic rings. The molecule has 13 heavy (non-hydrogen) atoms. The molecule has 0 aromatic carbocycles. The molecule has 0 aromatic heterocycles. The molecule has 1 rings (SSSR count). The van der Waals surface area contributed by atoms with Crippen LogP contribution in [0, 0.1) is 11.5 Å². The van der Waals surface area contributed by atoms with Gasteiger partial charge in [0.1, 0.15) is 0 Å². The summed E-state index contributed by atoms with van der Waals surface area (Å²) < 4.78 is 0. The third kappa shape index (κ3) is 6.10. The molecule has 0 radical (unpaired) electrons. The van der Waals surface area contributed by atoms with E-state index in [9.17, 15) is 0 Å². The van der Waals surface area contributed by atoms with Crippen molar-refractivity contribution in [3.8, 4) is 0 Å². The van der Waals surface area contributed by atoms with Crippen LogP contribution in [-0.2, 0) is 26.2 Å². The molecule has 0 unspecified atom stereocenters. The molecule has 0 amide bonds. The van der Waals surface area contributed by atoms with Crippen LogP contribution in [0.25, 0.3) is 0 Å². The van der Waals surface area contributed by atoms with E-state index in [0.717, 1.165) is 6.42 Å². The standard InChI is InChI=1S/C10H15.2ClH.Zr/c1-8-5-6-9(7-8)10(2,3)4;;;/h7H,6H2,1-4H3;2*1H;/q-1;;;. The van der Waals surface area contributed by atoms with E-state index in [1.54, 1.807) is 0 Å². The average Bonchev–Trinajstić information content (AvgIpc) is 2.11. The predicted molar refractivity (Wildman–Crippen MR) is 59.1 cm³/mol. The van der Waals surface area contributed by atoms with E-state index in [1.807, 2.05) is 0 Å². The van der Waals surface area contributed by atoms with Crippen LogP contribution < -0.4 is 0 Å². The summed E-state index contributed by atoms with van der Waals surface area (Å²) in [5.74, 6) is 0. The number of hydrogen-bond acceptors (Lipinski definition) is 0. The first-order valence-corrected chi connectivity index (χ1v) is 3.78. The second kappa shape index (κ2) is 7.26. The van der Waals surface area contributed by atoms with E-state index in [1.165, 1.54) is 11.1 Å². The third-order valence-corrected chi connectivity index (χ3v) is 1.91.